The van der Waals surface area contributed by atoms with Crippen LogP contribution in [0.25, 0.3) is 11.5 Å². The van der Waals surface area contributed by atoms with E-state index in [0.717, 1.165) is 38.4 Å². The fourth-order valence-corrected chi connectivity index (χ4v) is 3.45. The van der Waals surface area contributed by atoms with Gasteiger partial charge in [-0.3, -0.25) is 4.90 Å². The molecule has 2 aromatic carbocycles. The van der Waals surface area contributed by atoms with Crippen LogP contribution in [0.1, 0.15) is 24.4 Å². The van der Waals surface area contributed by atoms with Gasteiger partial charge in [0.1, 0.15) is 0 Å². The third-order valence-corrected chi connectivity index (χ3v) is 5.24. The molecule has 1 aliphatic heterocycles. The molecule has 4 rings (SSSR count). The van der Waals surface area contributed by atoms with Crippen molar-refractivity contribution in [2.24, 2.45) is 0 Å². The molecule has 1 atom stereocenters. The lowest BCUT2D eigenvalue weighted by atomic mass is 10.1. The first-order valence-electron chi connectivity index (χ1n) is 9.72. The second-order valence-corrected chi connectivity index (χ2v) is 7.13. The minimum atomic E-state index is 0.0164. The summed E-state index contributed by atoms with van der Waals surface area (Å²) in [4.78, 5) is 4.64. The fraction of sp³-hybridized carbons (Fsp3) is 0.364. The number of aromatic nitrogens is 2. The van der Waals surface area contributed by atoms with E-state index in [2.05, 4.69) is 58.2 Å². The van der Waals surface area contributed by atoms with E-state index in [1.807, 2.05) is 30.3 Å². The molecule has 1 saturated heterocycles. The zero-order chi connectivity index (χ0) is 19.3. The highest BCUT2D eigenvalue weighted by Gasteiger charge is 2.21. The second kappa shape index (κ2) is 8.54. The number of para-hydroxylation sites is 1. The van der Waals surface area contributed by atoms with Crippen molar-refractivity contribution in [1.29, 1.82) is 0 Å². The average molecular weight is 378 g/mol. The van der Waals surface area contributed by atoms with E-state index in [9.17, 15) is 0 Å². The van der Waals surface area contributed by atoms with Gasteiger partial charge in [-0.05, 0) is 37.7 Å². The summed E-state index contributed by atoms with van der Waals surface area (Å²) in [5.74, 6) is 1.19. The van der Waals surface area contributed by atoms with Gasteiger partial charge in [-0.25, -0.2) is 0 Å². The van der Waals surface area contributed by atoms with E-state index in [1.54, 1.807) is 0 Å². The largest absolute Gasteiger partial charge is 0.419 e. The molecule has 2 heterocycles. The number of morpholine rings is 1. The van der Waals surface area contributed by atoms with Crippen LogP contribution in [-0.2, 0) is 11.3 Å². The van der Waals surface area contributed by atoms with Crippen LogP contribution >= 0.6 is 0 Å². The van der Waals surface area contributed by atoms with Gasteiger partial charge in [-0.1, -0.05) is 36.4 Å². The van der Waals surface area contributed by atoms with Gasteiger partial charge in [0.25, 0.3) is 0 Å². The molecule has 3 aromatic rings. The summed E-state index contributed by atoms with van der Waals surface area (Å²) < 4.78 is 11.4. The predicted molar refractivity (Wildman–Crippen MR) is 109 cm³/mol. The first kappa shape index (κ1) is 18.7. The van der Waals surface area contributed by atoms with E-state index in [4.69, 9.17) is 9.15 Å². The fourth-order valence-electron chi connectivity index (χ4n) is 3.45. The van der Waals surface area contributed by atoms with Crippen molar-refractivity contribution in [3.05, 3.63) is 66.1 Å². The topological polar surface area (TPSA) is 54.6 Å². The van der Waals surface area contributed by atoms with Crippen LogP contribution in [0.4, 0.5) is 5.69 Å². The SMILES string of the molecule is C[C@@H](c1nnc(-c2ccccc2)o1)N(C)Cc1ccccc1N1CCOCC1. The Kier molecular flexibility index (Phi) is 5.69. The minimum absolute atomic E-state index is 0.0164. The van der Waals surface area contributed by atoms with Crippen molar-refractivity contribution in [1.82, 2.24) is 15.1 Å². The van der Waals surface area contributed by atoms with Crippen molar-refractivity contribution in [2.45, 2.75) is 19.5 Å². The molecular formula is C22H26N4O2. The molecule has 0 radical (unpaired) electrons. The van der Waals surface area contributed by atoms with E-state index in [1.165, 1.54) is 11.3 Å². The highest BCUT2D eigenvalue weighted by Crippen LogP contribution is 2.27. The number of anilines is 1. The highest BCUT2D eigenvalue weighted by molar-refractivity contribution is 5.54. The Morgan fingerprint density at radius 1 is 1.00 bits per heavy atom. The van der Waals surface area contributed by atoms with Crippen LogP contribution in [0.15, 0.2) is 59.0 Å². The first-order chi connectivity index (χ1) is 13.7. The first-order valence-corrected chi connectivity index (χ1v) is 9.72. The maximum Gasteiger partial charge on any atom is 0.247 e. The summed E-state index contributed by atoms with van der Waals surface area (Å²) in [5, 5.41) is 8.50. The van der Waals surface area contributed by atoms with Crippen LogP contribution in [0.5, 0.6) is 0 Å². The summed E-state index contributed by atoms with van der Waals surface area (Å²) in [6.45, 7) is 6.33. The number of hydrogen-bond donors (Lipinski definition) is 0. The molecule has 6 heteroatoms. The molecule has 0 aliphatic carbocycles. The molecule has 1 fully saturated rings. The van der Waals surface area contributed by atoms with Gasteiger partial charge >= 0.3 is 0 Å². The second-order valence-electron chi connectivity index (χ2n) is 7.13. The maximum absolute atomic E-state index is 5.95. The Morgan fingerprint density at radius 3 is 2.50 bits per heavy atom. The molecule has 1 aromatic heterocycles. The lowest BCUT2D eigenvalue weighted by Crippen LogP contribution is -2.37. The summed E-state index contributed by atoms with van der Waals surface area (Å²) in [7, 11) is 2.09. The molecular weight excluding hydrogens is 352 g/mol. The Bertz CT molecular complexity index is 890. The lowest BCUT2D eigenvalue weighted by molar-refractivity contribution is 0.122. The van der Waals surface area contributed by atoms with Crippen molar-refractivity contribution in [2.75, 3.05) is 38.3 Å². The van der Waals surface area contributed by atoms with Crippen LogP contribution < -0.4 is 4.90 Å². The standard InChI is InChI=1S/C22H26N4O2/c1-17(21-23-24-22(28-21)18-8-4-3-5-9-18)25(2)16-19-10-6-7-11-20(19)26-12-14-27-15-13-26/h3-11,17H,12-16H2,1-2H3/t17-/m0/s1. The third kappa shape index (κ3) is 4.08. The van der Waals surface area contributed by atoms with E-state index in [0.29, 0.717) is 11.8 Å². The summed E-state index contributed by atoms with van der Waals surface area (Å²) in [6.07, 6.45) is 0. The average Bonchev–Trinajstić information content (AvgIpc) is 3.25. The van der Waals surface area contributed by atoms with Gasteiger partial charge in [0.05, 0.1) is 19.3 Å². The molecule has 0 bridgehead atoms. The summed E-state index contributed by atoms with van der Waals surface area (Å²) in [6, 6.07) is 18.5. The number of nitrogens with zero attached hydrogens (tertiary/aromatic N) is 4. The lowest BCUT2D eigenvalue weighted by Gasteiger charge is -2.32. The number of rotatable bonds is 6. The minimum Gasteiger partial charge on any atom is -0.419 e. The smallest absolute Gasteiger partial charge is 0.247 e. The molecule has 1 aliphatic rings. The molecule has 6 nitrogen and oxygen atoms in total. The summed E-state index contributed by atoms with van der Waals surface area (Å²) in [5.41, 5.74) is 3.51. The Labute approximate surface area is 165 Å². The van der Waals surface area contributed by atoms with Crippen molar-refractivity contribution < 1.29 is 9.15 Å². The molecule has 0 amide bonds. The Balaban J connectivity index is 1.48. The van der Waals surface area contributed by atoms with Crippen molar-refractivity contribution in [3.8, 4) is 11.5 Å². The van der Waals surface area contributed by atoms with Crippen LogP contribution in [0.3, 0.4) is 0 Å². The molecule has 0 N–H and O–H groups in total. The monoisotopic (exact) mass is 378 g/mol. The highest BCUT2D eigenvalue weighted by atomic mass is 16.5. The third-order valence-electron chi connectivity index (χ3n) is 5.24. The predicted octanol–water partition coefficient (Wildman–Crippen LogP) is 3.77. The van der Waals surface area contributed by atoms with Gasteiger partial charge in [-0.2, -0.15) is 0 Å². The van der Waals surface area contributed by atoms with Crippen LogP contribution in [-0.4, -0.2) is 48.4 Å². The van der Waals surface area contributed by atoms with Gasteiger partial charge < -0.3 is 14.1 Å². The maximum atomic E-state index is 5.95. The zero-order valence-electron chi connectivity index (χ0n) is 16.4. The van der Waals surface area contributed by atoms with Gasteiger partial charge in [0.2, 0.25) is 11.8 Å². The molecule has 146 valence electrons. The molecule has 0 spiro atoms. The number of hydrogen-bond acceptors (Lipinski definition) is 6. The quantitative estimate of drug-likeness (QED) is 0.651. The summed E-state index contributed by atoms with van der Waals surface area (Å²) >= 11 is 0. The zero-order valence-corrected chi connectivity index (χ0v) is 16.4. The normalized spacial score (nSPS) is 15.8. The molecule has 28 heavy (non-hydrogen) atoms. The number of ether oxygens (including phenoxy) is 1. The molecule has 0 unspecified atom stereocenters. The Hall–Kier alpha value is -2.70. The van der Waals surface area contributed by atoms with Crippen molar-refractivity contribution in [3.63, 3.8) is 0 Å². The molecule has 0 saturated carbocycles. The van der Waals surface area contributed by atoms with Gasteiger partial charge in [-0.15, -0.1) is 10.2 Å². The Morgan fingerprint density at radius 2 is 1.71 bits per heavy atom. The van der Waals surface area contributed by atoms with E-state index in [-0.39, 0.29) is 6.04 Å². The van der Waals surface area contributed by atoms with E-state index < -0.39 is 0 Å². The van der Waals surface area contributed by atoms with Gasteiger partial charge in [0.15, 0.2) is 0 Å². The van der Waals surface area contributed by atoms with Gasteiger partial charge in [0, 0.05) is 30.9 Å². The number of benzene rings is 2. The van der Waals surface area contributed by atoms with E-state index >= 15 is 0 Å². The van der Waals surface area contributed by atoms with Crippen molar-refractivity contribution >= 4 is 5.69 Å². The van der Waals surface area contributed by atoms with Crippen LogP contribution in [0, 0.1) is 0 Å². The van der Waals surface area contributed by atoms with Crippen LogP contribution in [0.2, 0.25) is 0 Å².